The standard InChI is InChI=1S/C13H23N3O4S/c1-10-12(11(2)20-16-10)21(17,18)15-8-13(9-19-3)4-6-14-7-5-13/h14-15H,4-9H2,1-3H3. The first-order valence-electron chi connectivity index (χ1n) is 7.02. The molecule has 1 aliphatic heterocycles. The van der Waals surface area contributed by atoms with E-state index in [2.05, 4.69) is 15.2 Å². The van der Waals surface area contributed by atoms with Crippen LogP contribution in [0.4, 0.5) is 0 Å². The Morgan fingerprint density at radius 3 is 2.57 bits per heavy atom. The Kier molecular flexibility index (Phi) is 5.03. The molecule has 0 bridgehead atoms. The van der Waals surface area contributed by atoms with Gasteiger partial charge in [0.25, 0.3) is 0 Å². The molecule has 1 fully saturated rings. The summed E-state index contributed by atoms with van der Waals surface area (Å²) in [5.74, 6) is 0.311. The molecule has 0 atom stereocenters. The summed E-state index contributed by atoms with van der Waals surface area (Å²) in [6, 6.07) is 0. The minimum Gasteiger partial charge on any atom is -0.384 e. The van der Waals surface area contributed by atoms with Gasteiger partial charge in [-0.05, 0) is 39.8 Å². The summed E-state index contributed by atoms with van der Waals surface area (Å²) in [7, 11) is -1.97. The van der Waals surface area contributed by atoms with Crippen molar-refractivity contribution in [3.63, 3.8) is 0 Å². The maximum absolute atomic E-state index is 12.5. The molecule has 120 valence electrons. The van der Waals surface area contributed by atoms with Crippen LogP contribution in [0.2, 0.25) is 0 Å². The highest BCUT2D eigenvalue weighted by Gasteiger charge is 2.34. The molecule has 1 saturated heterocycles. The Morgan fingerprint density at radius 2 is 2.05 bits per heavy atom. The molecule has 0 aromatic carbocycles. The summed E-state index contributed by atoms with van der Waals surface area (Å²) in [6.07, 6.45) is 1.76. The minimum atomic E-state index is -3.62. The number of hydrogen-bond donors (Lipinski definition) is 2. The second kappa shape index (κ2) is 6.43. The van der Waals surface area contributed by atoms with Crippen LogP contribution >= 0.6 is 0 Å². The lowest BCUT2D eigenvalue weighted by Crippen LogP contribution is -2.47. The molecule has 1 aromatic rings. The Bertz CT molecular complexity index is 551. The van der Waals surface area contributed by atoms with E-state index in [1.165, 1.54) is 0 Å². The maximum Gasteiger partial charge on any atom is 0.245 e. The molecule has 1 aromatic heterocycles. The van der Waals surface area contributed by atoms with Crippen LogP contribution in [0.3, 0.4) is 0 Å². The minimum absolute atomic E-state index is 0.143. The Morgan fingerprint density at radius 1 is 1.38 bits per heavy atom. The van der Waals surface area contributed by atoms with Gasteiger partial charge in [-0.2, -0.15) is 0 Å². The predicted octanol–water partition coefficient (Wildman–Crippen LogP) is 0.586. The van der Waals surface area contributed by atoms with Gasteiger partial charge in [-0.1, -0.05) is 5.16 Å². The monoisotopic (exact) mass is 317 g/mol. The van der Waals surface area contributed by atoms with E-state index in [0.717, 1.165) is 25.9 Å². The van der Waals surface area contributed by atoms with Crippen LogP contribution in [0, 0.1) is 19.3 Å². The van der Waals surface area contributed by atoms with Gasteiger partial charge >= 0.3 is 0 Å². The van der Waals surface area contributed by atoms with E-state index in [4.69, 9.17) is 9.26 Å². The van der Waals surface area contributed by atoms with E-state index >= 15 is 0 Å². The molecule has 0 saturated carbocycles. The molecule has 2 rings (SSSR count). The van der Waals surface area contributed by atoms with Crippen molar-refractivity contribution >= 4 is 10.0 Å². The van der Waals surface area contributed by atoms with Gasteiger partial charge in [0.05, 0.1) is 6.61 Å². The molecule has 7 nitrogen and oxygen atoms in total. The Labute approximate surface area is 125 Å². The third-order valence-electron chi connectivity index (χ3n) is 3.99. The van der Waals surface area contributed by atoms with Crippen LogP contribution in [0.15, 0.2) is 9.42 Å². The fourth-order valence-corrected chi connectivity index (χ4v) is 4.30. The van der Waals surface area contributed by atoms with Crippen LogP contribution < -0.4 is 10.0 Å². The number of nitrogens with one attached hydrogen (secondary N) is 2. The van der Waals surface area contributed by atoms with E-state index in [1.807, 2.05) is 0 Å². The molecule has 2 heterocycles. The number of hydrogen-bond acceptors (Lipinski definition) is 6. The average Bonchev–Trinajstić information content (AvgIpc) is 2.78. The smallest absolute Gasteiger partial charge is 0.245 e. The molecular formula is C13H23N3O4S. The van der Waals surface area contributed by atoms with Gasteiger partial charge in [0.15, 0.2) is 5.76 Å². The lowest BCUT2D eigenvalue weighted by molar-refractivity contribution is 0.0577. The molecular weight excluding hydrogens is 294 g/mol. The van der Waals surface area contributed by atoms with Gasteiger partial charge in [0, 0.05) is 19.1 Å². The number of ether oxygens (including phenoxy) is 1. The van der Waals surface area contributed by atoms with E-state index in [9.17, 15) is 8.42 Å². The number of aryl methyl sites for hydroxylation is 2. The zero-order chi connectivity index (χ0) is 15.5. The fraction of sp³-hybridized carbons (Fsp3) is 0.769. The lowest BCUT2D eigenvalue weighted by Gasteiger charge is -2.37. The highest BCUT2D eigenvalue weighted by Crippen LogP contribution is 2.29. The van der Waals surface area contributed by atoms with Crippen molar-refractivity contribution in [1.82, 2.24) is 15.2 Å². The summed E-state index contributed by atoms with van der Waals surface area (Å²) < 4.78 is 37.9. The maximum atomic E-state index is 12.5. The molecule has 1 aliphatic rings. The predicted molar refractivity (Wildman–Crippen MR) is 77.6 cm³/mol. The van der Waals surface area contributed by atoms with Crippen LogP contribution in [0.5, 0.6) is 0 Å². The summed E-state index contributed by atoms with van der Waals surface area (Å²) >= 11 is 0. The summed E-state index contributed by atoms with van der Waals surface area (Å²) in [4.78, 5) is 0.143. The number of sulfonamides is 1. The van der Waals surface area contributed by atoms with Crippen molar-refractivity contribution in [2.45, 2.75) is 31.6 Å². The van der Waals surface area contributed by atoms with Gasteiger partial charge in [-0.15, -0.1) is 0 Å². The lowest BCUT2D eigenvalue weighted by atomic mass is 9.80. The number of piperidine rings is 1. The molecule has 8 heteroatoms. The normalized spacial score (nSPS) is 18.8. The third kappa shape index (κ3) is 3.63. The fourth-order valence-electron chi connectivity index (χ4n) is 2.81. The van der Waals surface area contributed by atoms with Crippen molar-refractivity contribution in [3.8, 4) is 0 Å². The van der Waals surface area contributed by atoms with E-state index in [-0.39, 0.29) is 10.3 Å². The average molecular weight is 317 g/mol. The number of nitrogens with zero attached hydrogens (tertiary/aromatic N) is 1. The summed E-state index contributed by atoms with van der Waals surface area (Å²) in [5, 5.41) is 6.99. The summed E-state index contributed by atoms with van der Waals surface area (Å²) in [5.41, 5.74) is 0.220. The number of aromatic nitrogens is 1. The van der Waals surface area contributed by atoms with Crippen molar-refractivity contribution in [1.29, 1.82) is 0 Å². The van der Waals surface area contributed by atoms with Gasteiger partial charge in [-0.25, -0.2) is 13.1 Å². The van der Waals surface area contributed by atoms with E-state index in [0.29, 0.717) is 24.6 Å². The van der Waals surface area contributed by atoms with Gasteiger partial charge in [-0.3, -0.25) is 0 Å². The second-order valence-electron chi connectivity index (χ2n) is 5.66. The molecule has 0 radical (unpaired) electrons. The second-order valence-corrected chi connectivity index (χ2v) is 7.36. The largest absolute Gasteiger partial charge is 0.384 e. The van der Waals surface area contributed by atoms with E-state index in [1.54, 1.807) is 21.0 Å². The molecule has 2 N–H and O–H groups in total. The summed E-state index contributed by atoms with van der Waals surface area (Å²) in [6.45, 7) is 5.87. The highest BCUT2D eigenvalue weighted by molar-refractivity contribution is 7.89. The Balaban J connectivity index is 2.13. The third-order valence-corrected chi connectivity index (χ3v) is 5.63. The van der Waals surface area contributed by atoms with Gasteiger partial charge in [0.2, 0.25) is 10.0 Å². The van der Waals surface area contributed by atoms with Gasteiger partial charge < -0.3 is 14.6 Å². The molecule has 21 heavy (non-hydrogen) atoms. The van der Waals surface area contributed by atoms with Crippen LogP contribution in [0.1, 0.15) is 24.3 Å². The highest BCUT2D eigenvalue weighted by atomic mass is 32.2. The van der Waals surface area contributed by atoms with Crippen molar-refractivity contribution in [3.05, 3.63) is 11.5 Å². The molecule has 0 unspecified atom stereocenters. The quantitative estimate of drug-likeness (QED) is 0.797. The van der Waals surface area contributed by atoms with Crippen LogP contribution in [-0.2, 0) is 14.8 Å². The van der Waals surface area contributed by atoms with Gasteiger partial charge in [0.1, 0.15) is 10.6 Å². The molecule has 0 spiro atoms. The van der Waals surface area contributed by atoms with E-state index < -0.39 is 10.0 Å². The SMILES string of the molecule is COCC1(CNS(=O)(=O)c2c(C)noc2C)CCNCC1. The first-order valence-corrected chi connectivity index (χ1v) is 8.51. The van der Waals surface area contributed by atoms with Crippen molar-refractivity contribution < 1.29 is 17.7 Å². The first kappa shape index (κ1) is 16.4. The molecule has 0 aliphatic carbocycles. The molecule has 0 amide bonds. The van der Waals surface area contributed by atoms with Crippen molar-refractivity contribution in [2.75, 3.05) is 33.4 Å². The topological polar surface area (TPSA) is 93.5 Å². The zero-order valence-corrected chi connectivity index (χ0v) is 13.5. The first-order chi connectivity index (χ1) is 9.90. The number of methoxy groups -OCH3 is 1. The van der Waals surface area contributed by atoms with Crippen LogP contribution in [0.25, 0.3) is 0 Å². The number of rotatable bonds is 6. The Hall–Kier alpha value is -0.960. The zero-order valence-electron chi connectivity index (χ0n) is 12.7. The van der Waals surface area contributed by atoms with Crippen molar-refractivity contribution in [2.24, 2.45) is 5.41 Å². The van der Waals surface area contributed by atoms with Crippen LogP contribution in [-0.4, -0.2) is 46.9 Å².